The quantitative estimate of drug-likeness (QED) is 0.207. The maximum Gasteiger partial charge on any atom is 0.422 e. The molecule has 1 unspecified atom stereocenters. The van der Waals surface area contributed by atoms with E-state index >= 15 is 0 Å². The van der Waals surface area contributed by atoms with E-state index in [1.807, 2.05) is 41.3 Å². The summed E-state index contributed by atoms with van der Waals surface area (Å²) in [7, 11) is 1.40. The largest absolute Gasteiger partial charge is 0.481 e. The van der Waals surface area contributed by atoms with Crippen molar-refractivity contribution in [2.45, 2.75) is 37.6 Å². The fraction of sp³-hybridized carbons (Fsp3) is 0.412. The van der Waals surface area contributed by atoms with Crippen LogP contribution in [0.2, 0.25) is 0 Å². The number of nitrogens with one attached hydrogen (secondary N) is 1. The molecule has 0 saturated carbocycles. The van der Waals surface area contributed by atoms with Gasteiger partial charge in [-0.1, -0.05) is 60.7 Å². The summed E-state index contributed by atoms with van der Waals surface area (Å²) in [4.78, 5) is 35.4. The Morgan fingerprint density at radius 1 is 0.922 bits per heavy atom. The molecule has 0 bridgehead atoms. The molecule has 1 amide bonds. The highest BCUT2D eigenvalue weighted by molar-refractivity contribution is 5.92. The highest BCUT2D eigenvalue weighted by Crippen LogP contribution is 2.38. The highest BCUT2D eigenvalue weighted by Gasteiger charge is 2.44. The molecule has 51 heavy (non-hydrogen) atoms. The van der Waals surface area contributed by atoms with Crippen molar-refractivity contribution < 1.29 is 32.2 Å². The Morgan fingerprint density at radius 3 is 2.14 bits per heavy atom. The Hall–Kier alpha value is -3.82. The summed E-state index contributed by atoms with van der Waals surface area (Å²) < 4.78 is 56.2. The zero-order valence-electron chi connectivity index (χ0n) is 28.0. The van der Waals surface area contributed by atoms with Crippen molar-refractivity contribution in [2.24, 2.45) is 0 Å². The third kappa shape index (κ3) is 9.95. The number of rotatable bonds is 11. The topological polar surface area (TPSA) is 109 Å². The van der Waals surface area contributed by atoms with Crippen molar-refractivity contribution in [1.29, 1.82) is 0 Å². The molecule has 2 aromatic heterocycles. The number of amides is 1. The van der Waals surface area contributed by atoms with Gasteiger partial charge in [-0.2, -0.15) is 23.1 Å². The molecule has 278 valence electrons. The van der Waals surface area contributed by atoms with E-state index in [-0.39, 0.29) is 97.6 Å². The second kappa shape index (κ2) is 18.6. The van der Waals surface area contributed by atoms with Gasteiger partial charge in [0.25, 0.3) is 5.91 Å². The van der Waals surface area contributed by atoms with E-state index < -0.39 is 12.8 Å². The number of carbonyl (C=O) groups is 1. The van der Waals surface area contributed by atoms with Gasteiger partial charge < -0.3 is 24.1 Å². The molecular weight excluding hydrogens is 734 g/mol. The molecule has 6 rings (SSSR count). The summed E-state index contributed by atoms with van der Waals surface area (Å²) in [6.45, 7) is 3.26. The third-order valence-corrected chi connectivity index (χ3v) is 8.71. The first-order chi connectivity index (χ1) is 23.2. The van der Waals surface area contributed by atoms with Crippen molar-refractivity contribution in [2.75, 3.05) is 53.0 Å². The van der Waals surface area contributed by atoms with E-state index in [1.165, 1.54) is 13.4 Å². The van der Waals surface area contributed by atoms with Crippen molar-refractivity contribution in [3.05, 3.63) is 95.6 Å². The van der Waals surface area contributed by atoms with Crippen molar-refractivity contribution in [3.63, 3.8) is 0 Å². The second-order valence-corrected chi connectivity index (χ2v) is 11.8. The first-order valence-corrected chi connectivity index (χ1v) is 15.9. The Balaban J connectivity index is 0.00000234. The van der Waals surface area contributed by atoms with Gasteiger partial charge in [0.1, 0.15) is 5.69 Å². The minimum Gasteiger partial charge on any atom is -0.481 e. The molecule has 4 heterocycles. The molecule has 2 fully saturated rings. The molecule has 2 atom stereocenters. The van der Waals surface area contributed by atoms with Crippen LogP contribution >= 0.6 is 37.2 Å². The number of carbonyl (C=O) groups excluding carboxylic acids is 1. The van der Waals surface area contributed by atoms with Gasteiger partial charge in [0.05, 0.1) is 25.6 Å². The SMILES string of the molecule is CCOc1nc(OC)c(CN2CC(C(c3ccccc3)c3ccccc3)N3CCN(C(=O)c4c[nH]cn4)C[C@H]3C2)c(OCC(F)(F)F)n1.Cl.Cl.Cl. The zero-order valence-corrected chi connectivity index (χ0v) is 30.4. The van der Waals surface area contributed by atoms with E-state index in [0.29, 0.717) is 38.4 Å². The van der Waals surface area contributed by atoms with Crippen LogP contribution < -0.4 is 14.2 Å². The van der Waals surface area contributed by atoms with Gasteiger partial charge in [-0.05, 0) is 18.1 Å². The van der Waals surface area contributed by atoms with E-state index in [1.54, 1.807) is 13.1 Å². The first kappa shape index (κ1) is 41.6. The van der Waals surface area contributed by atoms with E-state index in [9.17, 15) is 18.0 Å². The van der Waals surface area contributed by atoms with Gasteiger partial charge in [-0.15, -0.1) is 37.2 Å². The van der Waals surface area contributed by atoms with Crippen LogP contribution in [0.25, 0.3) is 0 Å². The number of aromatic amines is 1. The van der Waals surface area contributed by atoms with Crippen LogP contribution in [0.4, 0.5) is 13.2 Å². The number of piperazine rings is 2. The molecule has 2 aliphatic heterocycles. The molecule has 1 N–H and O–H groups in total. The number of hydrogen-bond donors (Lipinski definition) is 1. The number of H-pyrrole nitrogens is 1. The lowest BCUT2D eigenvalue weighted by molar-refractivity contribution is -0.154. The standard InChI is InChI=1S/C34H38F3N7O4.3ClH/c1-3-47-33-40-30(46-2)26(31(41-33)48-21-34(35,36)37)19-42-17-25-18-43(32(45)27-16-38-22-39-27)14-15-44(25)28(20-42)29(23-10-6-4-7-11-23)24-12-8-5-9-13-24;;;/h4-13,16,22,25,28-29H,3,14-15,17-21H2,1-2H3,(H,38,39);3*1H/t25-,28?;;;/m1.../s1. The van der Waals surface area contributed by atoms with Gasteiger partial charge in [-0.25, -0.2) is 4.98 Å². The number of ether oxygens (including phenoxy) is 3. The monoisotopic (exact) mass is 773 g/mol. The number of imidazole rings is 1. The van der Waals surface area contributed by atoms with Crippen molar-refractivity contribution in [3.8, 4) is 17.8 Å². The van der Waals surface area contributed by atoms with Crippen LogP contribution in [-0.4, -0.2) is 112 Å². The number of aromatic nitrogens is 4. The van der Waals surface area contributed by atoms with Gasteiger partial charge in [-0.3, -0.25) is 14.6 Å². The van der Waals surface area contributed by atoms with Gasteiger partial charge in [0.2, 0.25) is 11.8 Å². The van der Waals surface area contributed by atoms with Crippen LogP contribution in [0, 0.1) is 0 Å². The number of methoxy groups -OCH3 is 1. The zero-order chi connectivity index (χ0) is 33.7. The highest BCUT2D eigenvalue weighted by atomic mass is 35.5. The maximum absolute atomic E-state index is 13.4. The molecule has 0 aliphatic carbocycles. The molecule has 2 saturated heterocycles. The van der Waals surface area contributed by atoms with Crippen molar-refractivity contribution >= 4 is 43.1 Å². The second-order valence-electron chi connectivity index (χ2n) is 11.8. The molecule has 17 heteroatoms. The Morgan fingerprint density at radius 2 is 1.57 bits per heavy atom. The summed E-state index contributed by atoms with van der Waals surface area (Å²) in [5.41, 5.74) is 2.91. The van der Waals surface area contributed by atoms with E-state index in [2.05, 4.69) is 54.0 Å². The number of halogens is 6. The average Bonchev–Trinajstić information content (AvgIpc) is 3.64. The minimum absolute atomic E-state index is 0. The Labute approximate surface area is 313 Å². The number of fused-ring (bicyclic) bond motifs is 1. The van der Waals surface area contributed by atoms with Gasteiger partial charge in [0.15, 0.2) is 6.61 Å². The summed E-state index contributed by atoms with van der Waals surface area (Å²) in [6, 6.07) is 20.3. The molecule has 2 aromatic carbocycles. The summed E-state index contributed by atoms with van der Waals surface area (Å²) in [5, 5.41) is 0. The predicted octanol–water partition coefficient (Wildman–Crippen LogP) is 5.66. The van der Waals surface area contributed by atoms with Crippen LogP contribution in [0.5, 0.6) is 17.8 Å². The van der Waals surface area contributed by atoms with Crippen LogP contribution in [-0.2, 0) is 6.54 Å². The number of benzene rings is 2. The molecule has 4 aromatic rings. The number of alkyl halides is 3. The third-order valence-electron chi connectivity index (χ3n) is 8.71. The summed E-state index contributed by atoms with van der Waals surface area (Å²) >= 11 is 0. The number of nitrogens with zero attached hydrogens (tertiary/aromatic N) is 6. The van der Waals surface area contributed by atoms with Gasteiger partial charge >= 0.3 is 12.2 Å². The molecular formula is C34H41Cl3F3N7O4. The lowest BCUT2D eigenvalue weighted by Crippen LogP contribution is -2.67. The molecule has 0 radical (unpaired) electrons. The normalized spacial score (nSPS) is 17.7. The Bertz CT molecular complexity index is 1620. The minimum atomic E-state index is -4.58. The predicted molar refractivity (Wildman–Crippen MR) is 192 cm³/mol. The fourth-order valence-electron chi connectivity index (χ4n) is 6.73. The molecule has 11 nitrogen and oxygen atoms in total. The van der Waals surface area contributed by atoms with Crippen LogP contribution in [0.15, 0.2) is 73.2 Å². The molecule has 2 aliphatic rings. The van der Waals surface area contributed by atoms with Crippen LogP contribution in [0.3, 0.4) is 0 Å². The summed E-state index contributed by atoms with van der Waals surface area (Å²) in [5.74, 6) is -0.364. The Kier molecular flexibility index (Phi) is 15.2. The smallest absolute Gasteiger partial charge is 0.422 e. The van der Waals surface area contributed by atoms with Crippen LogP contribution in [0.1, 0.15) is 40.0 Å². The van der Waals surface area contributed by atoms with E-state index in [0.717, 1.165) is 11.1 Å². The molecule has 0 spiro atoms. The number of hydrogen-bond acceptors (Lipinski definition) is 9. The van der Waals surface area contributed by atoms with Gasteiger partial charge in [0, 0.05) is 63.5 Å². The fourth-order valence-corrected chi connectivity index (χ4v) is 6.73. The first-order valence-electron chi connectivity index (χ1n) is 15.9. The average molecular weight is 775 g/mol. The lowest BCUT2D eigenvalue weighted by atomic mass is 9.81. The maximum atomic E-state index is 13.4. The van der Waals surface area contributed by atoms with E-state index in [4.69, 9.17) is 14.2 Å². The van der Waals surface area contributed by atoms with Crippen molar-refractivity contribution in [1.82, 2.24) is 34.6 Å². The summed E-state index contributed by atoms with van der Waals surface area (Å²) in [6.07, 6.45) is -1.51. The lowest BCUT2D eigenvalue weighted by Gasteiger charge is -2.53.